The maximum Gasteiger partial charge on any atom is 0.123 e. The van der Waals surface area contributed by atoms with E-state index in [0.29, 0.717) is 5.25 Å². The molecule has 2 rings (SSSR count). The molecule has 0 radical (unpaired) electrons. The molecule has 0 aliphatic heterocycles. The number of thioether (sulfide) groups is 1. The van der Waals surface area contributed by atoms with Crippen molar-refractivity contribution in [3.8, 4) is 5.75 Å². The maximum absolute atomic E-state index is 5.88. The summed E-state index contributed by atoms with van der Waals surface area (Å²) in [5.41, 5.74) is 1.28. The first kappa shape index (κ1) is 13.8. The summed E-state index contributed by atoms with van der Waals surface area (Å²) in [7, 11) is 0. The molecule has 0 bridgehead atoms. The Labute approximate surface area is 114 Å². The molecular weight excluding hydrogens is 242 g/mol. The van der Waals surface area contributed by atoms with Crippen molar-refractivity contribution in [2.45, 2.75) is 44.5 Å². The van der Waals surface area contributed by atoms with E-state index in [4.69, 9.17) is 4.74 Å². The maximum atomic E-state index is 5.88. The molecule has 0 amide bonds. The zero-order valence-corrected chi connectivity index (χ0v) is 12.1. The molecule has 0 heterocycles. The van der Waals surface area contributed by atoms with Gasteiger partial charge in [-0.1, -0.05) is 32.0 Å². The molecule has 3 heteroatoms. The summed E-state index contributed by atoms with van der Waals surface area (Å²) in [6.45, 7) is 6.16. The summed E-state index contributed by atoms with van der Waals surface area (Å²) >= 11 is 1.94. The number of rotatable bonds is 8. The van der Waals surface area contributed by atoms with Crippen molar-refractivity contribution in [2.75, 3.05) is 12.4 Å². The van der Waals surface area contributed by atoms with Gasteiger partial charge in [0, 0.05) is 23.9 Å². The van der Waals surface area contributed by atoms with Crippen LogP contribution < -0.4 is 10.1 Å². The van der Waals surface area contributed by atoms with E-state index in [1.54, 1.807) is 0 Å². The van der Waals surface area contributed by atoms with Crippen LogP contribution in [0.15, 0.2) is 24.3 Å². The normalized spacial score (nSPS) is 15.1. The van der Waals surface area contributed by atoms with Crippen LogP contribution in [0.25, 0.3) is 0 Å². The van der Waals surface area contributed by atoms with Gasteiger partial charge in [0.2, 0.25) is 0 Å². The predicted molar refractivity (Wildman–Crippen MR) is 79.4 cm³/mol. The summed E-state index contributed by atoms with van der Waals surface area (Å²) in [4.78, 5) is 0. The van der Waals surface area contributed by atoms with Crippen LogP contribution >= 0.6 is 11.8 Å². The van der Waals surface area contributed by atoms with E-state index in [9.17, 15) is 0 Å². The third kappa shape index (κ3) is 4.91. The lowest BCUT2D eigenvalue weighted by molar-refractivity contribution is 0.339. The minimum absolute atomic E-state index is 0.681. The molecule has 0 aromatic heterocycles. The standard InChI is InChI=1S/C15H23NOS/c1-12(2)18-10-9-17-15-6-4-3-5-13(15)11-16-14-7-8-14/h3-6,12,14,16H,7-11H2,1-2H3. The van der Waals surface area contributed by atoms with E-state index in [2.05, 4.69) is 37.4 Å². The van der Waals surface area contributed by atoms with Gasteiger partial charge < -0.3 is 10.1 Å². The third-order valence-electron chi connectivity index (χ3n) is 2.92. The number of hydrogen-bond acceptors (Lipinski definition) is 3. The van der Waals surface area contributed by atoms with E-state index in [-0.39, 0.29) is 0 Å². The molecule has 1 N–H and O–H groups in total. The van der Waals surface area contributed by atoms with Crippen LogP contribution in [0.1, 0.15) is 32.3 Å². The molecule has 0 atom stereocenters. The van der Waals surface area contributed by atoms with Gasteiger partial charge in [-0.2, -0.15) is 11.8 Å². The Morgan fingerprint density at radius 2 is 2.11 bits per heavy atom. The topological polar surface area (TPSA) is 21.3 Å². The van der Waals surface area contributed by atoms with Crippen molar-refractivity contribution in [1.82, 2.24) is 5.32 Å². The second kappa shape index (κ2) is 7.05. The van der Waals surface area contributed by atoms with Crippen LogP contribution in [-0.4, -0.2) is 23.7 Å². The highest BCUT2D eigenvalue weighted by molar-refractivity contribution is 7.99. The molecular formula is C15H23NOS. The second-order valence-corrected chi connectivity index (χ2v) is 6.72. The Balaban J connectivity index is 1.78. The smallest absolute Gasteiger partial charge is 0.123 e. The van der Waals surface area contributed by atoms with Crippen LogP contribution in [0, 0.1) is 0 Å². The molecule has 0 unspecified atom stereocenters. The average Bonchev–Trinajstić information content (AvgIpc) is 3.17. The number of nitrogens with one attached hydrogen (secondary N) is 1. The molecule has 1 aliphatic carbocycles. The van der Waals surface area contributed by atoms with E-state index in [0.717, 1.165) is 30.7 Å². The van der Waals surface area contributed by atoms with Crippen LogP contribution in [0.4, 0.5) is 0 Å². The largest absolute Gasteiger partial charge is 0.492 e. The van der Waals surface area contributed by atoms with Gasteiger partial charge in [-0.05, 0) is 24.2 Å². The zero-order chi connectivity index (χ0) is 12.8. The monoisotopic (exact) mass is 265 g/mol. The SMILES string of the molecule is CC(C)SCCOc1ccccc1CNC1CC1. The highest BCUT2D eigenvalue weighted by atomic mass is 32.2. The molecule has 18 heavy (non-hydrogen) atoms. The van der Waals surface area contributed by atoms with Crippen LogP contribution in [0.3, 0.4) is 0 Å². The van der Waals surface area contributed by atoms with Gasteiger partial charge in [-0.3, -0.25) is 0 Å². The molecule has 100 valence electrons. The zero-order valence-electron chi connectivity index (χ0n) is 11.3. The Morgan fingerprint density at radius 1 is 1.33 bits per heavy atom. The van der Waals surface area contributed by atoms with Gasteiger partial charge in [0.15, 0.2) is 0 Å². The van der Waals surface area contributed by atoms with Gasteiger partial charge in [-0.15, -0.1) is 0 Å². The van der Waals surface area contributed by atoms with Gasteiger partial charge in [0.05, 0.1) is 6.61 Å². The second-order valence-electron chi connectivity index (χ2n) is 5.03. The van der Waals surface area contributed by atoms with Gasteiger partial charge in [0.1, 0.15) is 5.75 Å². The summed E-state index contributed by atoms with van der Waals surface area (Å²) in [6.07, 6.45) is 2.65. The lowest BCUT2D eigenvalue weighted by Crippen LogP contribution is -2.16. The lowest BCUT2D eigenvalue weighted by Gasteiger charge is -2.12. The van der Waals surface area contributed by atoms with Crippen molar-refractivity contribution in [2.24, 2.45) is 0 Å². The van der Waals surface area contributed by atoms with Crippen molar-refractivity contribution in [1.29, 1.82) is 0 Å². The Kier molecular flexibility index (Phi) is 5.39. The van der Waals surface area contributed by atoms with Crippen molar-refractivity contribution < 1.29 is 4.74 Å². The molecule has 1 fully saturated rings. The molecule has 1 aliphatic rings. The molecule has 1 aromatic rings. The number of ether oxygens (including phenoxy) is 1. The quantitative estimate of drug-likeness (QED) is 0.727. The van der Waals surface area contributed by atoms with E-state index >= 15 is 0 Å². The molecule has 0 saturated heterocycles. The number of para-hydroxylation sites is 1. The molecule has 1 aromatic carbocycles. The summed E-state index contributed by atoms with van der Waals surface area (Å²) in [5.74, 6) is 2.09. The van der Waals surface area contributed by atoms with Crippen molar-refractivity contribution in [3.05, 3.63) is 29.8 Å². The minimum Gasteiger partial charge on any atom is -0.492 e. The minimum atomic E-state index is 0.681. The molecule has 0 spiro atoms. The van der Waals surface area contributed by atoms with E-state index < -0.39 is 0 Å². The van der Waals surface area contributed by atoms with Gasteiger partial charge >= 0.3 is 0 Å². The highest BCUT2D eigenvalue weighted by Gasteiger charge is 2.20. The summed E-state index contributed by atoms with van der Waals surface area (Å²) in [6, 6.07) is 9.10. The lowest BCUT2D eigenvalue weighted by atomic mass is 10.2. The Morgan fingerprint density at radius 3 is 2.83 bits per heavy atom. The summed E-state index contributed by atoms with van der Waals surface area (Å²) < 4.78 is 5.88. The van der Waals surface area contributed by atoms with Crippen LogP contribution in [0.2, 0.25) is 0 Å². The van der Waals surface area contributed by atoms with Gasteiger partial charge in [0.25, 0.3) is 0 Å². The van der Waals surface area contributed by atoms with E-state index in [1.807, 2.05) is 17.8 Å². The fourth-order valence-electron chi connectivity index (χ4n) is 1.77. The first-order valence-electron chi connectivity index (χ1n) is 6.81. The third-order valence-corrected chi connectivity index (χ3v) is 3.99. The molecule has 1 saturated carbocycles. The number of hydrogen-bond donors (Lipinski definition) is 1. The van der Waals surface area contributed by atoms with Crippen LogP contribution in [-0.2, 0) is 6.54 Å². The Bertz CT molecular complexity index is 363. The Hall–Kier alpha value is -0.670. The highest BCUT2D eigenvalue weighted by Crippen LogP contribution is 2.22. The number of benzene rings is 1. The summed E-state index contributed by atoms with van der Waals surface area (Å²) in [5, 5.41) is 4.22. The van der Waals surface area contributed by atoms with Crippen LogP contribution in [0.5, 0.6) is 5.75 Å². The first-order chi connectivity index (χ1) is 8.75. The van der Waals surface area contributed by atoms with Crippen molar-refractivity contribution >= 4 is 11.8 Å². The first-order valence-corrected chi connectivity index (χ1v) is 7.86. The fraction of sp³-hybridized carbons (Fsp3) is 0.600. The fourth-order valence-corrected chi connectivity index (χ4v) is 2.42. The van der Waals surface area contributed by atoms with Crippen molar-refractivity contribution in [3.63, 3.8) is 0 Å². The molecule has 2 nitrogen and oxygen atoms in total. The van der Waals surface area contributed by atoms with E-state index in [1.165, 1.54) is 18.4 Å². The van der Waals surface area contributed by atoms with Gasteiger partial charge in [-0.25, -0.2) is 0 Å². The predicted octanol–water partition coefficient (Wildman–Crippen LogP) is 3.46. The average molecular weight is 265 g/mol.